The quantitative estimate of drug-likeness (QED) is 0.476. The van der Waals surface area contributed by atoms with Crippen molar-refractivity contribution in [1.29, 1.82) is 0 Å². The van der Waals surface area contributed by atoms with Gasteiger partial charge in [0.25, 0.3) is 5.56 Å². The highest BCUT2D eigenvalue weighted by molar-refractivity contribution is 5.83. The van der Waals surface area contributed by atoms with Gasteiger partial charge < -0.3 is 9.47 Å². The number of ether oxygens (including phenoxy) is 2. The van der Waals surface area contributed by atoms with Crippen molar-refractivity contribution in [3.05, 3.63) is 94.9 Å². The highest BCUT2D eigenvalue weighted by atomic mass is 16.5. The van der Waals surface area contributed by atoms with Gasteiger partial charge in [-0.15, -0.1) is 0 Å². The zero-order chi connectivity index (χ0) is 20.8. The number of aromatic nitrogens is 2. The number of rotatable bonds is 5. The summed E-state index contributed by atoms with van der Waals surface area (Å²) in [4.78, 5) is 17.2. The molecule has 4 aromatic rings. The fourth-order valence-electron chi connectivity index (χ4n) is 3.04. The van der Waals surface area contributed by atoms with Crippen molar-refractivity contribution in [2.75, 3.05) is 13.2 Å². The minimum Gasteiger partial charge on any atom is -0.481 e. The third-order valence-electron chi connectivity index (χ3n) is 4.51. The maximum atomic E-state index is 12.8. The average molecular weight is 396 g/mol. The van der Waals surface area contributed by atoms with Crippen LogP contribution in [-0.2, 0) is 0 Å². The van der Waals surface area contributed by atoms with E-state index in [1.807, 2.05) is 73.7 Å². The normalized spacial score (nSPS) is 10.3. The van der Waals surface area contributed by atoms with E-state index in [4.69, 9.17) is 9.47 Å². The second-order valence-electron chi connectivity index (χ2n) is 6.64. The Bertz CT molecular complexity index is 1270. The molecule has 2 aromatic heterocycles. The number of hydrogen-bond donors (Lipinski definition) is 0. The van der Waals surface area contributed by atoms with E-state index in [-0.39, 0.29) is 18.8 Å². The molecule has 0 unspecified atom stereocenters. The van der Waals surface area contributed by atoms with E-state index in [9.17, 15) is 4.79 Å². The zero-order valence-electron chi connectivity index (χ0n) is 16.5. The van der Waals surface area contributed by atoms with Crippen LogP contribution < -0.4 is 15.0 Å². The molecule has 0 fully saturated rings. The van der Waals surface area contributed by atoms with E-state index in [2.05, 4.69) is 16.8 Å². The molecule has 0 N–H and O–H groups in total. The van der Waals surface area contributed by atoms with Crippen LogP contribution >= 0.6 is 0 Å². The van der Waals surface area contributed by atoms with Gasteiger partial charge in [0.2, 0.25) is 0 Å². The maximum absolute atomic E-state index is 12.8. The van der Waals surface area contributed by atoms with Crippen LogP contribution in [0.2, 0.25) is 0 Å². The van der Waals surface area contributed by atoms with Gasteiger partial charge >= 0.3 is 0 Å². The first-order chi connectivity index (χ1) is 14.7. The van der Waals surface area contributed by atoms with Gasteiger partial charge in [-0.1, -0.05) is 47.7 Å². The summed E-state index contributed by atoms with van der Waals surface area (Å²) in [5, 5.41) is 0.749. The molecular formula is C25H20N2O3. The van der Waals surface area contributed by atoms with Crippen LogP contribution in [0.15, 0.2) is 83.8 Å². The van der Waals surface area contributed by atoms with E-state index >= 15 is 0 Å². The van der Waals surface area contributed by atoms with Gasteiger partial charge in [0.05, 0.1) is 11.1 Å². The number of benzene rings is 2. The first-order valence-corrected chi connectivity index (χ1v) is 9.56. The Labute approximate surface area is 174 Å². The molecular weight excluding hydrogens is 376 g/mol. The Balaban J connectivity index is 1.49. The second kappa shape index (κ2) is 8.97. The highest BCUT2D eigenvalue weighted by Crippen LogP contribution is 2.23. The lowest BCUT2D eigenvalue weighted by atomic mass is 10.2. The van der Waals surface area contributed by atoms with Gasteiger partial charge in [-0.3, -0.25) is 9.36 Å². The lowest BCUT2D eigenvalue weighted by Crippen LogP contribution is -2.19. The molecule has 0 amide bonds. The molecule has 0 spiro atoms. The topological polar surface area (TPSA) is 53.4 Å². The van der Waals surface area contributed by atoms with E-state index < -0.39 is 0 Å². The molecule has 5 heteroatoms. The minimum absolute atomic E-state index is 0.149. The monoisotopic (exact) mass is 396 g/mol. The van der Waals surface area contributed by atoms with Gasteiger partial charge in [-0.2, -0.15) is 0 Å². The minimum atomic E-state index is -0.210. The number of aryl methyl sites for hydroxylation is 1. The van der Waals surface area contributed by atoms with Gasteiger partial charge in [0.15, 0.2) is 5.65 Å². The molecule has 0 bridgehead atoms. The molecule has 148 valence electrons. The Kier molecular flexibility index (Phi) is 5.77. The number of hydrogen-bond acceptors (Lipinski definition) is 4. The molecule has 2 aromatic carbocycles. The second-order valence-corrected chi connectivity index (χ2v) is 6.64. The van der Waals surface area contributed by atoms with E-state index in [1.54, 1.807) is 10.8 Å². The molecule has 5 nitrogen and oxygen atoms in total. The zero-order valence-corrected chi connectivity index (χ0v) is 16.5. The lowest BCUT2D eigenvalue weighted by Gasteiger charge is -2.12. The number of nitrogens with zero attached hydrogens (tertiary/aromatic N) is 2. The largest absolute Gasteiger partial charge is 0.481 e. The van der Waals surface area contributed by atoms with Crippen molar-refractivity contribution in [2.45, 2.75) is 6.92 Å². The summed E-state index contributed by atoms with van der Waals surface area (Å²) in [7, 11) is 0. The fraction of sp³-hybridized carbons (Fsp3) is 0.120. The molecule has 4 rings (SSSR count). The third-order valence-corrected chi connectivity index (χ3v) is 4.51. The predicted molar refractivity (Wildman–Crippen MR) is 117 cm³/mol. The summed E-state index contributed by atoms with van der Waals surface area (Å²) in [5.41, 5.74) is 2.27. The van der Waals surface area contributed by atoms with E-state index in [1.165, 1.54) is 11.6 Å². The molecule has 30 heavy (non-hydrogen) atoms. The first kappa shape index (κ1) is 19.3. The van der Waals surface area contributed by atoms with Crippen LogP contribution in [0, 0.1) is 18.8 Å². The number of pyridine rings is 2. The van der Waals surface area contributed by atoms with Crippen LogP contribution in [0.4, 0.5) is 0 Å². The molecule has 0 aliphatic heterocycles. The summed E-state index contributed by atoms with van der Waals surface area (Å²) in [6.07, 6.45) is 1.66. The first-order valence-electron chi connectivity index (χ1n) is 9.56. The Morgan fingerprint density at radius 1 is 0.900 bits per heavy atom. The van der Waals surface area contributed by atoms with Crippen LogP contribution in [-0.4, -0.2) is 22.8 Å². The predicted octanol–water partition coefficient (Wildman–Crippen LogP) is 4.16. The number of para-hydroxylation sites is 1. The summed E-state index contributed by atoms with van der Waals surface area (Å²) in [5.74, 6) is 7.08. The summed E-state index contributed by atoms with van der Waals surface area (Å²) >= 11 is 0. The van der Waals surface area contributed by atoms with Crippen molar-refractivity contribution in [3.8, 4) is 29.0 Å². The van der Waals surface area contributed by atoms with Crippen LogP contribution in [0.1, 0.15) is 5.56 Å². The van der Waals surface area contributed by atoms with Gasteiger partial charge in [0, 0.05) is 12.3 Å². The van der Waals surface area contributed by atoms with Crippen molar-refractivity contribution < 1.29 is 9.47 Å². The Morgan fingerprint density at radius 3 is 2.40 bits per heavy atom. The summed E-state index contributed by atoms with van der Waals surface area (Å²) < 4.78 is 12.9. The maximum Gasteiger partial charge on any atom is 0.260 e. The molecule has 2 heterocycles. The molecule has 0 atom stereocenters. The highest BCUT2D eigenvalue weighted by Gasteiger charge is 2.11. The molecule has 0 radical (unpaired) electrons. The van der Waals surface area contributed by atoms with Gasteiger partial charge in [-0.25, -0.2) is 4.98 Å². The van der Waals surface area contributed by atoms with Crippen molar-refractivity contribution >= 4 is 11.0 Å². The fourth-order valence-corrected chi connectivity index (χ4v) is 3.04. The molecule has 0 aliphatic rings. The van der Waals surface area contributed by atoms with Gasteiger partial charge in [0.1, 0.15) is 24.7 Å². The summed E-state index contributed by atoms with van der Waals surface area (Å²) in [6, 6.07) is 22.4. The molecule has 0 saturated carbocycles. The Morgan fingerprint density at radius 2 is 1.63 bits per heavy atom. The van der Waals surface area contributed by atoms with E-state index in [0.717, 1.165) is 16.8 Å². The van der Waals surface area contributed by atoms with Crippen molar-refractivity contribution in [1.82, 2.24) is 9.55 Å². The Hall–Kier alpha value is -4.04. The molecule has 0 aliphatic carbocycles. The lowest BCUT2D eigenvalue weighted by molar-refractivity contribution is 0.364. The smallest absolute Gasteiger partial charge is 0.260 e. The third kappa shape index (κ3) is 4.34. The van der Waals surface area contributed by atoms with E-state index in [0.29, 0.717) is 11.4 Å². The van der Waals surface area contributed by atoms with Crippen molar-refractivity contribution in [3.63, 3.8) is 0 Å². The molecule has 0 saturated heterocycles. The van der Waals surface area contributed by atoms with Crippen LogP contribution in [0.5, 0.6) is 11.5 Å². The SMILES string of the molecule is Cc1ccc(OCC#CCOc2cc(=O)n(-c3ccccc3)c3ncccc23)cc1. The average Bonchev–Trinajstić information content (AvgIpc) is 2.78. The van der Waals surface area contributed by atoms with Crippen LogP contribution in [0.25, 0.3) is 16.7 Å². The van der Waals surface area contributed by atoms with Gasteiger partial charge in [-0.05, 0) is 43.3 Å². The summed E-state index contributed by atoms with van der Waals surface area (Å²) in [6.45, 7) is 2.44. The van der Waals surface area contributed by atoms with Crippen LogP contribution in [0.3, 0.4) is 0 Å². The van der Waals surface area contributed by atoms with Crippen molar-refractivity contribution in [2.24, 2.45) is 0 Å². The number of fused-ring (bicyclic) bond motifs is 1. The standard InChI is InChI=1S/C25H20N2O3/c1-19-11-13-21(14-12-19)29-16-5-6-17-30-23-18-24(28)27(20-8-3-2-4-9-20)25-22(23)10-7-15-26-25/h2-4,7-15,18H,16-17H2,1H3.